The van der Waals surface area contributed by atoms with Crippen molar-refractivity contribution in [3.05, 3.63) is 35.9 Å². The van der Waals surface area contributed by atoms with Crippen molar-refractivity contribution in [3.8, 4) is 17.0 Å². The van der Waals surface area contributed by atoms with Gasteiger partial charge in [-0.15, -0.1) is 0 Å². The molecule has 9 heteroatoms. The Morgan fingerprint density at radius 1 is 1.16 bits per heavy atom. The monoisotopic (exact) mass is 420 g/mol. The van der Waals surface area contributed by atoms with Gasteiger partial charge >= 0.3 is 0 Å². The first kappa shape index (κ1) is 19.7. The second-order valence-electron chi connectivity index (χ2n) is 8.14. The van der Waals surface area contributed by atoms with E-state index in [0.717, 1.165) is 55.4 Å². The van der Waals surface area contributed by atoms with Crippen LogP contribution in [0.3, 0.4) is 0 Å². The lowest BCUT2D eigenvalue weighted by Gasteiger charge is -2.29. The molecule has 0 atom stereocenters. The Bertz CT molecular complexity index is 1070. The van der Waals surface area contributed by atoms with Crippen LogP contribution in [-0.2, 0) is 13.2 Å². The van der Waals surface area contributed by atoms with Crippen molar-refractivity contribution >= 4 is 17.5 Å². The molecule has 31 heavy (non-hydrogen) atoms. The molecule has 0 aliphatic carbocycles. The molecule has 2 N–H and O–H groups in total. The highest BCUT2D eigenvalue weighted by Crippen LogP contribution is 2.40. The lowest BCUT2D eigenvalue weighted by Crippen LogP contribution is -2.43. The van der Waals surface area contributed by atoms with Crippen molar-refractivity contribution in [3.63, 3.8) is 0 Å². The number of ether oxygens (including phenoxy) is 1. The van der Waals surface area contributed by atoms with Crippen LogP contribution in [0, 0.1) is 0 Å². The number of fused-ring (bicyclic) bond motifs is 3. The van der Waals surface area contributed by atoms with Crippen LogP contribution in [-0.4, -0.2) is 50.9 Å². The summed E-state index contributed by atoms with van der Waals surface area (Å²) < 4.78 is 7.93. The van der Waals surface area contributed by atoms with E-state index in [9.17, 15) is 0 Å². The van der Waals surface area contributed by atoms with Crippen molar-refractivity contribution < 1.29 is 4.74 Å². The Morgan fingerprint density at radius 2 is 2.00 bits per heavy atom. The molecule has 0 amide bonds. The molecule has 0 bridgehead atoms. The predicted octanol–water partition coefficient (Wildman–Crippen LogP) is 2.92. The fourth-order valence-corrected chi connectivity index (χ4v) is 4.26. The van der Waals surface area contributed by atoms with Gasteiger partial charge in [0.05, 0.1) is 29.3 Å². The number of aromatic nitrogens is 5. The molecule has 0 unspecified atom stereocenters. The molecular weight excluding hydrogens is 392 g/mol. The number of hydrogen-bond donors (Lipinski definition) is 2. The van der Waals surface area contributed by atoms with Gasteiger partial charge in [-0.1, -0.05) is 13.8 Å². The number of nitrogens with zero attached hydrogens (tertiary/aromatic N) is 6. The minimum atomic E-state index is 0.327. The first-order valence-corrected chi connectivity index (χ1v) is 10.9. The van der Waals surface area contributed by atoms with Gasteiger partial charge < -0.3 is 20.3 Å². The fourth-order valence-electron chi connectivity index (χ4n) is 4.26. The summed E-state index contributed by atoms with van der Waals surface area (Å²) >= 11 is 0. The molecule has 162 valence electrons. The summed E-state index contributed by atoms with van der Waals surface area (Å²) in [5, 5.41) is 11.4. The second-order valence-corrected chi connectivity index (χ2v) is 8.14. The minimum absolute atomic E-state index is 0.327. The Labute approximate surface area is 181 Å². The zero-order valence-electron chi connectivity index (χ0n) is 18.2. The zero-order valence-corrected chi connectivity index (χ0v) is 18.2. The van der Waals surface area contributed by atoms with Crippen LogP contribution in [0.25, 0.3) is 11.3 Å². The fraction of sp³-hybridized carbons (Fsp3) is 0.455. The van der Waals surface area contributed by atoms with Gasteiger partial charge in [-0.25, -0.2) is 15.0 Å². The lowest BCUT2D eigenvalue weighted by molar-refractivity contribution is 0.293. The molecule has 0 radical (unpaired) electrons. The van der Waals surface area contributed by atoms with Crippen LogP contribution in [0.4, 0.5) is 17.5 Å². The van der Waals surface area contributed by atoms with Gasteiger partial charge in [0.1, 0.15) is 23.8 Å². The number of aryl methyl sites for hydroxylation is 1. The second kappa shape index (κ2) is 8.14. The van der Waals surface area contributed by atoms with Crippen molar-refractivity contribution in [1.82, 2.24) is 30.0 Å². The molecule has 0 spiro atoms. The molecule has 9 nitrogen and oxygen atoms in total. The standard InChI is InChI=1S/C22H28N8O/c1-4-30-21(14(2)3)19-16(28-30)13-31-17-12-25-22(27-20(17)19)26-18-6-5-15(11-24-18)29-9-7-23-8-10-29/h5-6,11-12,14,23H,4,7-10,13H2,1-3H3,(H,24,25,26,27). The van der Waals surface area contributed by atoms with Crippen LogP contribution in [0.2, 0.25) is 0 Å². The zero-order chi connectivity index (χ0) is 21.4. The third-order valence-corrected chi connectivity index (χ3v) is 5.74. The van der Waals surface area contributed by atoms with E-state index in [2.05, 4.69) is 57.0 Å². The van der Waals surface area contributed by atoms with Gasteiger partial charge in [0.2, 0.25) is 5.95 Å². The summed E-state index contributed by atoms with van der Waals surface area (Å²) in [4.78, 5) is 16.1. The maximum atomic E-state index is 5.88. The SMILES string of the molecule is CCn1nc2c(c1C(C)C)-c1nc(Nc3ccc(N4CCNCC4)cn3)ncc1OC2. The van der Waals surface area contributed by atoms with E-state index in [-0.39, 0.29) is 0 Å². The van der Waals surface area contributed by atoms with Crippen LogP contribution in [0.15, 0.2) is 24.5 Å². The molecule has 3 aromatic rings. The summed E-state index contributed by atoms with van der Waals surface area (Å²) in [6.45, 7) is 11.7. The number of anilines is 3. The summed E-state index contributed by atoms with van der Waals surface area (Å²) in [7, 11) is 0. The lowest BCUT2D eigenvalue weighted by atomic mass is 9.99. The largest absolute Gasteiger partial charge is 0.483 e. The maximum Gasteiger partial charge on any atom is 0.229 e. The number of piperazine rings is 1. The van der Waals surface area contributed by atoms with E-state index in [1.807, 2.05) is 12.3 Å². The van der Waals surface area contributed by atoms with Crippen LogP contribution >= 0.6 is 0 Å². The van der Waals surface area contributed by atoms with Crippen LogP contribution < -0.4 is 20.3 Å². The van der Waals surface area contributed by atoms with Gasteiger partial charge in [-0.3, -0.25) is 4.68 Å². The van der Waals surface area contributed by atoms with E-state index in [0.29, 0.717) is 30.0 Å². The molecule has 0 aromatic carbocycles. The van der Waals surface area contributed by atoms with Crippen molar-refractivity contribution in [2.45, 2.75) is 39.8 Å². The Balaban J connectivity index is 1.43. The summed E-state index contributed by atoms with van der Waals surface area (Å²) in [5.41, 5.74) is 5.11. The Morgan fingerprint density at radius 3 is 2.71 bits per heavy atom. The highest BCUT2D eigenvalue weighted by Gasteiger charge is 2.29. The van der Waals surface area contributed by atoms with Gasteiger partial charge in [-0.2, -0.15) is 5.10 Å². The average molecular weight is 421 g/mol. The molecule has 2 aliphatic rings. The normalized spacial score (nSPS) is 15.4. The molecule has 0 saturated carbocycles. The molecule has 2 aliphatic heterocycles. The van der Waals surface area contributed by atoms with Crippen molar-refractivity contribution in [2.24, 2.45) is 0 Å². The molecule has 5 heterocycles. The molecule has 1 saturated heterocycles. The van der Waals surface area contributed by atoms with Gasteiger partial charge in [0.15, 0.2) is 5.75 Å². The summed E-state index contributed by atoms with van der Waals surface area (Å²) in [5.74, 6) is 2.23. The maximum absolute atomic E-state index is 5.88. The highest BCUT2D eigenvalue weighted by atomic mass is 16.5. The van der Waals surface area contributed by atoms with Crippen LogP contribution in [0.1, 0.15) is 38.1 Å². The van der Waals surface area contributed by atoms with Gasteiger partial charge in [-0.05, 0) is 25.0 Å². The number of nitrogens with one attached hydrogen (secondary N) is 2. The van der Waals surface area contributed by atoms with E-state index in [1.165, 1.54) is 5.69 Å². The topological polar surface area (TPSA) is 93.0 Å². The van der Waals surface area contributed by atoms with Gasteiger partial charge in [0.25, 0.3) is 0 Å². The van der Waals surface area contributed by atoms with E-state index < -0.39 is 0 Å². The molecule has 3 aromatic heterocycles. The summed E-state index contributed by atoms with van der Waals surface area (Å²) in [6, 6.07) is 4.05. The van der Waals surface area contributed by atoms with E-state index >= 15 is 0 Å². The number of hydrogen-bond acceptors (Lipinski definition) is 8. The predicted molar refractivity (Wildman–Crippen MR) is 120 cm³/mol. The van der Waals surface area contributed by atoms with Crippen LogP contribution in [0.5, 0.6) is 5.75 Å². The quantitative estimate of drug-likeness (QED) is 0.651. The van der Waals surface area contributed by atoms with E-state index in [1.54, 1.807) is 6.20 Å². The number of pyridine rings is 1. The third kappa shape index (κ3) is 3.69. The van der Waals surface area contributed by atoms with Crippen molar-refractivity contribution in [1.29, 1.82) is 0 Å². The third-order valence-electron chi connectivity index (χ3n) is 5.74. The minimum Gasteiger partial charge on any atom is -0.483 e. The average Bonchev–Trinajstić information content (AvgIpc) is 3.20. The van der Waals surface area contributed by atoms with Gasteiger partial charge in [0, 0.05) is 32.7 Å². The molecular formula is C22H28N8O. The van der Waals surface area contributed by atoms with E-state index in [4.69, 9.17) is 14.8 Å². The first-order chi connectivity index (χ1) is 15.1. The summed E-state index contributed by atoms with van der Waals surface area (Å²) in [6.07, 6.45) is 3.63. The number of rotatable bonds is 5. The molecule has 1 fully saturated rings. The molecule has 5 rings (SSSR count). The first-order valence-electron chi connectivity index (χ1n) is 10.9. The highest BCUT2D eigenvalue weighted by molar-refractivity contribution is 5.74. The Hall–Kier alpha value is -3.20. The smallest absolute Gasteiger partial charge is 0.229 e. The van der Waals surface area contributed by atoms with Crippen molar-refractivity contribution in [2.75, 3.05) is 36.4 Å². The Kier molecular flexibility index (Phi) is 5.19.